The lowest BCUT2D eigenvalue weighted by Crippen LogP contribution is -2.38. The number of carboxylic acids is 1. The summed E-state index contributed by atoms with van der Waals surface area (Å²) >= 11 is 1.90. The molecule has 0 aliphatic carbocycles. The van der Waals surface area contributed by atoms with Crippen LogP contribution in [-0.2, 0) is 9.59 Å². The number of hydrogen-bond donors (Lipinski definition) is 1. The molecule has 0 spiro atoms. The molecule has 0 radical (unpaired) electrons. The second-order valence-corrected chi connectivity index (χ2v) is 4.84. The van der Waals surface area contributed by atoms with Crippen molar-refractivity contribution in [3.8, 4) is 0 Å². The van der Waals surface area contributed by atoms with E-state index in [4.69, 9.17) is 5.11 Å². The Hall–Kier alpha value is -0.970. The van der Waals surface area contributed by atoms with E-state index in [2.05, 4.69) is 0 Å². The molecule has 14 heavy (non-hydrogen) atoms. The van der Waals surface area contributed by atoms with E-state index >= 15 is 0 Å². The van der Waals surface area contributed by atoms with Gasteiger partial charge in [0.05, 0.1) is 0 Å². The van der Waals surface area contributed by atoms with Crippen LogP contribution in [0, 0.1) is 0 Å². The monoisotopic (exact) mass is 213 g/mol. The molecule has 2 saturated heterocycles. The van der Waals surface area contributed by atoms with Crippen LogP contribution in [0.5, 0.6) is 0 Å². The highest BCUT2D eigenvalue weighted by Gasteiger charge is 2.40. The summed E-state index contributed by atoms with van der Waals surface area (Å²) in [4.78, 5) is 23.5. The van der Waals surface area contributed by atoms with Crippen LogP contribution in [0.3, 0.4) is 0 Å². The summed E-state index contributed by atoms with van der Waals surface area (Å²) in [6.45, 7) is 0.776. The largest absolute Gasteiger partial charge is 0.478 e. The van der Waals surface area contributed by atoms with Gasteiger partial charge < -0.3 is 10.0 Å². The van der Waals surface area contributed by atoms with Gasteiger partial charge in [-0.3, -0.25) is 4.79 Å². The second-order valence-electron chi connectivity index (χ2n) is 3.51. The number of hydrogen-bond acceptors (Lipinski definition) is 3. The molecule has 2 bridgehead atoms. The first-order chi connectivity index (χ1) is 6.66. The summed E-state index contributed by atoms with van der Waals surface area (Å²) in [5.74, 6) is -0.241. The fourth-order valence-electron chi connectivity index (χ4n) is 1.91. The van der Waals surface area contributed by atoms with Gasteiger partial charge in [-0.25, -0.2) is 4.79 Å². The molecule has 1 N–H and O–H groups in total. The smallest absolute Gasteiger partial charge is 0.328 e. The zero-order chi connectivity index (χ0) is 10.1. The number of likely N-dealkylation sites (tertiary alicyclic amines) is 1. The molecule has 2 heterocycles. The zero-order valence-corrected chi connectivity index (χ0v) is 8.37. The van der Waals surface area contributed by atoms with E-state index in [9.17, 15) is 9.59 Å². The first-order valence-corrected chi connectivity index (χ1v) is 5.55. The molecule has 2 aliphatic heterocycles. The minimum atomic E-state index is -1.07. The molecule has 0 saturated carbocycles. The van der Waals surface area contributed by atoms with Crippen molar-refractivity contribution in [1.82, 2.24) is 4.90 Å². The van der Waals surface area contributed by atoms with Crippen molar-refractivity contribution in [3.05, 3.63) is 12.2 Å². The normalized spacial score (nSPS) is 30.1. The SMILES string of the molecule is O=C(O)/C=C/C(=O)N1CC2CC1CS2. The molecule has 2 rings (SSSR count). The Kier molecular flexibility index (Phi) is 2.50. The molecule has 5 heteroatoms. The van der Waals surface area contributed by atoms with Gasteiger partial charge in [-0.2, -0.15) is 11.8 Å². The number of carboxylic acid groups (broad SMARTS) is 1. The summed E-state index contributed by atoms with van der Waals surface area (Å²) in [5, 5.41) is 8.95. The van der Waals surface area contributed by atoms with Crippen LogP contribution >= 0.6 is 11.8 Å². The third kappa shape index (κ3) is 1.77. The maximum Gasteiger partial charge on any atom is 0.328 e. The second kappa shape index (κ2) is 3.65. The average molecular weight is 213 g/mol. The Bertz CT molecular complexity index is 302. The highest BCUT2D eigenvalue weighted by Crippen LogP contribution is 2.37. The molecule has 0 aromatic heterocycles. The van der Waals surface area contributed by atoms with Gasteiger partial charge in [0.1, 0.15) is 0 Å². The quantitative estimate of drug-likeness (QED) is 0.672. The lowest BCUT2D eigenvalue weighted by atomic mass is 10.2. The van der Waals surface area contributed by atoms with Gasteiger partial charge >= 0.3 is 5.97 Å². The molecule has 2 atom stereocenters. The minimum Gasteiger partial charge on any atom is -0.478 e. The summed E-state index contributed by atoms with van der Waals surface area (Å²) in [6.07, 6.45) is 3.12. The zero-order valence-electron chi connectivity index (χ0n) is 7.55. The fourth-order valence-corrected chi connectivity index (χ4v) is 3.34. The number of nitrogens with zero attached hydrogens (tertiary/aromatic N) is 1. The van der Waals surface area contributed by atoms with Gasteiger partial charge in [-0.15, -0.1) is 0 Å². The topological polar surface area (TPSA) is 57.6 Å². The third-order valence-corrected chi connectivity index (χ3v) is 3.94. The molecule has 0 aromatic rings. The van der Waals surface area contributed by atoms with E-state index in [-0.39, 0.29) is 5.91 Å². The average Bonchev–Trinajstić information content (AvgIpc) is 2.74. The molecule has 0 aromatic carbocycles. The fraction of sp³-hybridized carbons (Fsp3) is 0.556. The van der Waals surface area contributed by atoms with Crippen molar-refractivity contribution in [1.29, 1.82) is 0 Å². The van der Waals surface area contributed by atoms with Crippen molar-refractivity contribution < 1.29 is 14.7 Å². The van der Waals surface area contributed by atoms with Crippen molar-refractivity contribution in [3.63, 3.8) is 0 Å². The number of fused-ring (bicyclic) bond motifs is 2. The molecule has 2 unspecified atom stereocenters. The van der Waals surface area contributed by atoms with Crippen LogP contribution in [0.4, 0.5) is 0 Å². The highest BCUT2D eigenvalue weighted by atomic mass is 32.2. The van der Waals surface area contributed by atoms with E-state index < -0.39 is 5.97 Å². The van der Waals surface area contributed by atoms with Gasteiger partial charge in [-0.05, 0) is 6.42 Å². The number of rotatable bonds is 2. The Morgan fingerprint density at radius 3 is 2.71 bits per heavy atom. The van der Waals surface area contributed by atoms with Crippen molar-refractivity contribution in [2.75, 3.05) is 12.3 Å². The number of carbonyl (C=O) groups is 2. The molecule has 2 aliphatic rings. The van der Waals surface area contributed by atoms with Gasteiger partial charge in [-0.1, -0.05) is 0 Å². The summed E-state index contributed by atoms with van der Waals surface area (Å²) in [5.41, 5.74) is 0. The number of thioether (sulfide) groups is 1. The van der Waals surface area contributed by atoms with E-state index in [0.29, 0.717) is 11.3 Å². The van der Waals surface area contributed by atoms with Crippen LogP contribution in [0.15, 0.2) is 12.2 Å². The number of aliphatic carboxylic acids is 1. The maximum absolute atomic E-state index is 11.5. The van der Waals surface area contributed by atoms with E-state index in [1.807, 2.05) is 11.8 Å². The molecular formula is C9H11NO3S. The predicted octanol–water partition coefficient (Wildman–Crippen LogP) is 0.343. The molecular weight excluding hydrogens is 202 g/mol. The Morgan fingerprint density at radius 1 is 1.43 bits per heavy atom. The lowest BCUT2D eigenvalue weighted by molar-refractivity contribution is -0.132. The number of amides is 1. The van der Waals surface area contributed by atoms with Crippen LogP contribution in [0.2, 0.25) is 0 Å². The summed E-state index contributed by atoms with van der Waals surface area (Å²) < 4.78 is 0. The Balaban J connectivity index is 1.96. The standard InChI is InChI=1S/C9H11NO3S/c11-8(1-2-9(12)13)10-4-7-3-6(10)5-14-7/h1-2,6-7H,3-5H2,(H,12,13)/b2-1+. The van der Waals surface area contributed by atoms with Crippen molar-refractivity contribution in [2.24, 2.45) is 0 Å². The first-order valence-electron chi connectivity index (χ1n) is 4.50. The first kappa shape index (κ1) is 9.58. The van der Waals surface area contributed by atoms with Crippen LogP contribution in [0.1, 0.15) is 6.42 Å². The van der Waals surface area contributed by atoms with Gasteiger partial charge in [0, 0.05) is 35.7 Å². The Morgan fingerprint density at radius 2 is 2.21 bits per heavy atom. The van der Waals surface area contributed by atoms with Gasteiger partial charge in [0.25, 0.3) is 0 Å². The summed E-state index contributed by atoms with van der Waals surface area (Å²) in [7, 11) is 0. The van der Waals surface area contributed by atoms with E-state index in [1.54, 1.807) is 4.90 Å². The van der Waals surface area contributed by atoms with E-state index in [1.165, 1.54) is 0 Å². The minimum absolute atomic E-state index is 0.166. The van der Waals surface area contributed by atoms with Crippen LogP contribution in [-0.4, -0.2) is 45.5 Å². The predicted molar refractivity (Wildman–Crippen MR) is 53.1 cm³/mol. The van der Waals surface area contributed by atoms with E-state index in [0.717, 1.165) is 30.9 Å². The van der Waals surface area contributed by atoms with Crippen LogP contribution in [0.25, 0.3) is 0 Å². The van der Waals surface area contributed by atoms with Gasteiger partial charge in [0.15, 0.2) is 0 Å². The van der Waals surface area contributed by atoms with Crippen molar-refractivity contribution >= 4 is 23.6 Å². The molecule has 4 nitrogen and oxygen atoms in total. The highest BCUT2D eigenvalue weighted by molar-refractivity contribution is 8.00. The third-order valence-electron chi connectivity index (χ3n) is 2.55. The Labute approximate surface area is 86.0 Å². The molecule has 76 valence electrons. The summed E-state index contributed by atoms with van der Waals surface area (Å²) in [6, 6.07) is 0.330. The molecule has 1 amide bonds. The van der Waals surface area contributed by atoms with Crippen LogP contribution < -0.4 is 0 Å². The lowest BCUT2D eigenvalue weighted by Gasteiger charge is -2.25. The number of carbonyl (C=O) groups excluding carboxylic acids is 1. The van der Waals surface area contributed by atoms with Gasteiger partial charge in [0.2, 0.25) is 5.91 Å². The molecule has 2 fully saturated rings. The maximum atomic E-state index is 11.5. The van der Waals surface area contributed by atoms with Crippen molar-refractivity contribution in [2.45, 2.75) is 17.7 Å².